The van der Waals surface area contributed by atoms with Gasteiger partial charge in [0.25, 0.3) is 0 Å². The molecule has 6 nitrogen and oxygen atoms in total. The van der Waals surface area contributed by atoms with E-state index in [1.807, 2.05) is 0 Å². The summed E-state index contributed by atoms with van der Waals surface area (Å²) in [4.78, 5) is 20.6. The number of aromatic nitrogens is 2. The molecule has 0 radical (unpaired) electrons. The number of hydrogen-bond acceptors (Lipinski definition) is 4. The van der Waals surface area contributed by atoms with Crippen LogP contribution in [0.2, 0.25) is 0 Å². The maximum Gasteiger partial charge on any atom is 0.416 e. The van der Waals surface area contributed by atoms with E-state index in [1.54, 1.807) is 4.57 Å². The molecule has 0 saturated carbocycles. The summed E-state index contributed by atoms with van der Waals surface area (Å²) in [6.07, 6.45) is -2.18. The van der Waals surface area contributed by atoms with Crippen LogP contribution in [0.25, 0.3) is 11.3 Å². The lowest BCUT2D eigenvalue weighted by atomic mass is 10.00. The van der Waals surface area contributed by atoms with Crippen molar-refractivity contribution in [1.82, 2.24) is 9.55 Å². The van der Waals surface area contributed by atoms with Crippen LogP contribution in [-0.4, -0.2) is 20.6 Å². The zero-order chi connectivity index (χ0) is 18.2. The van der Waals surface area contributed by atoms with Crippen molar-refractivity contribution in [2.24, 2.45) is 5.90 Å². The van der Waals surface area contributed by atoms with E-state index < -0.39 is 17.7 Å². The fourth-order valence-electron chi connectivity index (χ4n) is 3.10. The van der Waals surface area contributed by atoms with Crippen molar-refractivity contribution in [3.63, 3.8) is 0 Å². The van der Waals surface area contributed by atoms with Crippen LogP contribution in [0.4, 0.5) is 13.2 Å². The SMILES string of the molecule is NOCc1cc(C(F)(F)F)ccc1-c1nc2n(c1C(=O)O)CCCC2. The molecule has 0 fully saturated rings. The first-order valence-electron chi connectivity index (χ1n) is 7.67. The average molecular weight is 355 g/mol. The van der Waals surface area contributed by atoms with Crippen LogP contribution in [0.5, 0.6) is 0 Å². The molecule has 2 aromatic rings. The number of hydrogen-bond donors (Lipinski definition) is 2. The van der Waals surface area contributed by atoms with Gasteiger partial charge in [-0.15, -0.1) is 0 Å². The molecule has 1 aliphatic heterocycles. The van der Waals surface area contributed by atoms with Crippen LogP contribution in [0.15, 0.2) is 18.2 Å². The van der Waals surface area contributed by atoms with Crippen molar-refractivity contribution >= 4 is 5.97 Å². The molecule has 0 saturated heterocycles. The molecule has 1 aromatic carbocycles. The highest BCUT2D eigenvalue weighted by atomic mass is 19.4. The summed E-state index contributed by atoms with van der Waals surface area (Å²) in [6, 6.07) is 3.03. The number of alkyl halides is 3. The fourth-order valence-corrected chi connectivity index (χ4v) is 3.10. The Morgan fingerprint density at radius 2 is 2.12 bits per heavy atom. The molecular weight excluding hydrogens is 339 g/mol. The summed E-state index contributed by atoms with van der Waals surface area (Å²) in [5.41, 5.74) is -0.324. The Bertz CT molecular complexity index is 815. The number of imidazole rings is 1. The van der Waals surface area contributed by atoms with E-state index in [4.69, 9.17) is 5.90 Å². The Morgan fingerprint density at radius 3 is 2.76 bits per heavy atom. The van der Waals surface area contributed by atoms with Gasteiger partial charge in [0.05, 0.1) is 12.2 Å². The van der Waals surface area contributed by atoms with Crippen molar-refractivity contribution in [2.45, 2.75) is 38.6 Å². The van der Waals surface area contributed by atoms with Gasteiger partial charge in [0.2, 0.25) is 0 Å². The lowest BCUT2D eigenvalue weighted by molar-refractivity contribution is -0.137. The fraction of sp³-hybridized carbons (Fsp3) is 0.375. The monoisotopic (exact) mass is 355 g/mol. The minimum absolute atomic E-state index is 0.0206. The van der Waals surface area contributed by atoms with E-state index in [0.29, 0.717) is 18.8 Å². The predicted octanol–water partition coefficient (Wildman–Crippen LogP) is 2.99. The molecule has 3 N–H and O–H groups in total. The zero-order valence-corrected chi connectivity index (χ0v) is 13.1. The van der Waals surface area contributed by atoms with E-state index in [-0.39, 0.29) is 29.1 Å². The topological polar surface area (TPSA) is 90.4 Å². The highest BCUT2D eigenvalue weighted by molar-refractivity contribution is 5.94. The van der Waals surface area contributed by atoms with Gasteiger partial charge in [0.15, 0.2) is 5.69 Å². The minimum atomic E-state index is -4.52. The van der Waals surface area contributed by atoms with Crippen LogP contribution in [-0.2, 0) is 30.6 Å². The molecule has 0 atom stereocenters. The van der Waals surface area contributed by atoms with Crippen molar-refractivity contribution in [3.05, 3.63) is 40.8 Å². The first-order chi connectivity index (χ1) is 11.8. The molecule has 2 heterocycles. The van der Waals surface area contributed by atoms with Gasteiger partial charge < -0.3 is 9.67 Å². The van der Waals surface area contributed by atoms with Gasteiger partial charge in [-0.3, -0.25) is 4.84 Å². The quantitative estimate of drug-likeness (QED) is 0.823. The van der Waals surface area contributed by atoms with Crippen LogP contribution in [0.1, 0.15) is 40.3 Å². The number of nitrogens with two attached hydrogens (primary N) is 1. The first kappa shape index (κ1) is 17.4. The number of carboxylic acid groups (broad SMARTS) is 1. The Balaban J connectivity index is 2.19. The van der Waals surface area contributed by atoms with Crippen LogP contribution in [0.3, 0.4) is 0 Å². The van der Waals surface area contributed by atoms with Gasteiger partial charge in [-0.1, -0.05) is 6.07 Å². The van der Waals surface area contributed by atoms with Crippen molar-refractivity contribution < 1.29 is 27.9 Å². The number of rotatable bonds is 4. The normalized spacial score (nSPS) is 14.4. The van der Waals surface area contributed by atoms with Gasteiger partial charge in [-0.25, -0.2) is 15.7 Å². The van der Waals surface area contributed by atoms with Gasteiger partial charge in [0, 0.05) is 18.5 Å². The zero-order valence-electron chi connectivity index (χ0n) is 13.1. The van der Waals surface area contributed by atoms with Crippen molar-refractivity contribution in [3.8, 4) is 11.3 Å². The van der Waals surface area contributed by atoms with Gasteiger partial charge in [-0.05, 0) is 30.5 Å². The van der Waals surface area contributed by atoms with Crippen LogP contribution < -0.4 is 5.90 Å². The lowest BCUT2D eigenvalue weighted by Gasteiger charge is -2.15. The number of benzene rings is 1. The second-order valence-corrected chi connectivity index (χ2v) is 5.82. The third-order valence-corrected chi connectivity index (χ3v) is 4.21. The average Bonchev–Trinajstić information content (AvgIpc) is 2.93. The highest BCUT2D eigenvalue weighted by Gasteiger charge is 2.32. The molecule has 0 bridgehead atoms. The second kappa shape index (κ2) is 6.49. The van der Waals surface area contributed by atoms with Gasteiger partial charge in [0.1, 0.15) is 11.5 Å². The summed E-state index contributed by atoms with van der Waals surface area (Å²) in [6.45, 7) is 0.230. The molecule has 1 aliphatic rings. The Kier molecular flexibility index (Phi) is 4.53. The summed E-state index contributed by atoms with van der Waals surface area (Å²) < 4.78 is 40.5. The first-order valence-corrected chi connectivity index (χ1v) is 7.67. The summed E-state index contributed by atoms with van der Waals surface area (Å²) in [5, 5.41) is 9.58. The number of aromatic carboxylic acids is 1. The maximum atomic E-state index is 12.9. The van der Waals surface area contributed by atoms with Gasteiger partial charge in [-0.2, -0.15) is 13.2 Å². The second-order valence-electron chi connectivity index (χ2n) is 5.82. The molecule has 25 heavy (non-hydrogen) atoms. The highest BCUT2D eigenvalue weighted by Crippen LogP contribution is 2.35. The summed E-state index contributed by atoms with van der Waals surface area (Å²) in [5.74, 6) is 4.49. The van der Waals surface area contributed by atoms with Gasteiger partial charge >= 0.3 is 12.1 Å². The Labute approximate surface area is 141 Å². The van der Waals surface area contributed by atoms with E-state index in [0.717, 1.165) is 25.0 Å². The number of carboxylic acids is 1. The number of carbonyl (C=O) groups is 1. The van der Waals surface area contributed by atoms with Crippen molar-refractivity contribution in [1.29, 1.82) is 0 Å². The molecule has 0 aliphatic carbocycles. The third kappa shape index (κ3) is 3.24. The number of nitrogens with zero attached hydrogens (tertiary/aromatic N) is 2. The third-order valence-electron chi connectivity index (χ3n) is 4.21. The number of aryl methyl sites for hydroxylation is 1. The Morgan fingerprint density at radius 1 is 1.36 bits per heavy atom. The standard InChI is InChI=1S/C16H16F3N3O3/c17-16(18,19)10-4-5-11(9(7-10)8-25-20)13-14(15(23)24)22-6-2-1-3-12(22)21-13/h4-5,7H,1-3,6,8,20H2,(H,23,24). The molecule has 0 spiro atoms. The summed E-state index contributed by atoms with van der Waals surface area (Å²) in [7, 11) is 0. The van der Waals surface area contributed by atoms with E-state index in [2.05, 4.69) is 9.82 Å². The van der Waals surface area contributed by atoms with Crippen LogP contribution >= 0.6 is 0 Å². The largest absolute Gasteiger partial charge is 0.477 e. The smallest absolute Gasteiger partial charge is 0.416 e. The number of fused-ring (bicyclic) bond motifs is 1. The van der Waals surface area contributed by atoms with E-state index >= 15 is 0 Å². The molecule has 0 amide bonds. The molecule has 134 valence electrons. The minimum Gasteiger partial charge on any atom is -0.477 e. The maximum absolute atomic E-state index is 12.9. The van der Waals surface area contributed by atoms with Crippen molar-refractivity contribution in [2.75, 3.05) is 0 Å². The molecular formula is C16H16F3N3O3. The lowest BCUT2D eigenvalue weighted by Crippen LogP contribution is -2.16. The molecule has 0 unspecified atom stereocenters. The van der Waals surface area contributed by atoms with Crippen LogP contribution in [0, 0.1) is 0 Å². The number of halogens is 3. The molecule has 1 aromatic heterocycles. The Hall–Kier alpha value is -2.39. The predicted molar refractivity (Wildman–Crippen MR) is 81.5 cm³/mol. The summed E-state index contributed by atoms with van der Waals surface area (Å²) >= 11 is 0. The van der Waals surface area contributed by atoms with E-state index in [1.165, 1.54) is 6.07 Å². The van der Waals surface area contributed by atoms with E-state index in [9.17, 15) is 23.1 Å². The molecule has 9 heteroatoms. The molecule has 3 rings (SSSR count).